The van der Waals surface area contributed by atoms with Gasteiger partial charge in [-0.25, -0.2) is 9.97 Å². The van der Waals surface area contributed by atoms with E-state index < -0.39 is 0 Å². The van der Waals surface area contributed by atoms with E-state index in [9.17, 15) is 0 Å². The lowest BCUT2D eigenvalue weighted by molar-refractivity contribution is 0.153. The summed E-state index contributed by atoms with van der Waals surface area (Å²) in [6.45, 7) is 4.57. The largest absolute Gasteiger partial charge is 0.377 e. The summed E-state index contributed by atoms with van der Waals surface area (Å²) in [7, 11) is 0. The molecule has 0 saturated carbocycles. The second kappa shape index (κ2) is 7.83. The Labute approximate surface area is 136 Å². The van der Waals surface area contributed by atoms with Crippen molar-refractivity contribution in [3.63, 3.8) is 0 Å². The van der Waals surface area contributed by atoms with Gasteiger partial charge in [-0.2, -0.15) is 0 Å². The van der Waals surface area contributed by atoms with Crippen molar-refractivity contribution in [3.8, 4) is 11.4 Å². The number of aryl methyl sites for hydroxylation is 1. The van der Waals surface area contributed by atoms with Crippen LogP contribution >= 0.6 is 0 Å². The summed E-state index contributed by atoms with van der Waals surface area (Å²) in [5.41, 5.74) is 3.49. The predicted octanol–water partition coefficient (Wildman–Crippen LogP) is 3.25. The zero-order valence-corrected chi connectivity index (χ0v) is 13.5. The number of pyridine rings is 1. The first-order valence-corrected chi connectivity index (χ1v) is 8.13. The lowest BCUT2D eigenvalue weighted by Crippen LogP contribution is -2.10. The van der Waals surface area contributed by atoms with Crippen molar-refractivity contribution >= 4 is 5.82 Å². The molecule has 23 heavy (non-hydrogen) atoms. The van der Waals surface area contributed by atoms with Crippen LogP contribution in [0.4, 0.5) is 5.82 Å². The maximum absolute atomic E-state index is 5.34. The summed E-state index contributed by atoms with van der Waals surface area (Å²) >= 11 is 0. The predicted molar refractivity (Wildman–Crippen MR) is 91.3 cm³/mol. The molecule has 0 amide bonds. The Morgan fingerprint density at radius 3 is 2.83 bits per heavy atom. The standard InChI is InChI=1S/C18H22N4O/c1-2-16-13-17(20-10-3-14-6-11-23-12-7-14)22-18(21-16)15-4-8-19-9-5-15/h4-6,8-9,13H,2-3,7,10-12H2,1H3,(H,20,21,22). The number of rotatable bonds is 6. The molecular formula is C18H22N4O. The van der Waals surface area contributed by atoms with Crippen molar-refractivity contribution in [2.75, 3.05) is 25.1 Å². The number of anilines is 1. The highest BCUT2D eigenvalue weighted by Crippen LogP contribution is 2.18. The second-order valence-electron chi connectivity index (χ2n) is 5.52. The molecule has 3 rings (SSSR count). The minimum Gasteiger partial charge on any atom is -0.377 e. The Bertz CT molecular complexity index is 670. The molecular weight excluding hydrogens is 288 g/mol. The van der Waals surface area contributed by atoms with Gasteiger partial charge in [-0.3, -0.25) is 4.98 Å². The quantitative estimate of drug-likeness (QED) is 0.830. The highest BCUT2D eigenvalue weighted by molar-refractivity contribution is 5.56. The molecule has 0 bridgehead atoms. The minimum atomic E-state index is 0.745. The summed E-state index contributed by atoms with van der Waals surface area (Å²) in [5, 5.41) is 3.43. The highest BCUT2D eigenvalue weighted by atomic mass is 16.5. The van der Waals surface area contributed by atoms with Crippen molar-refractivity contribution in [3.05, 3.63) is 47.9 Å². The Morgan fingerprint density at radius 2 is 2.09 bits per heavy atom. The first kappa shape index (κ1) is 15.6. The molecule has 0 aliphatic carbocycles. The van der Waals surface area contributed by atoms with Gasteiger partial charge in [-0.05, 0) is 31.4 Å². The van der Waals surface area contributed by atoms with E-state index in [0.29, 0.717) is 0 Å². The van der Waals surface area contributed by atoms with Gasteiger partial charge in [0, 0.05) is 36.3 Å². The topological polar surface area (TPSA) is 59.9 Å². The molecule has 1 aliphatic heterocycles. The highest BCUT2D eigenvalue weighted by Gasteiger charge is 2.07. The number of ether oxygens (including phenoxy) is 1. The summed E-state index contributed by atoms with van der Waals surface area (Å²) in [5.74, 6) is 1.64. The summed E-state index contributed by atoms with van der Waals surface area (Å²) < 4.78 is 5.34. The number of nitrogens with one attached hydrogen (secondary N) is 1. The summed E-state index contributed by atoms with van der Waals surface area (Å²) in [4.78, 5) is 13.3. The van der Waals surface area contributed by atoms with Gasteiger partial charge in [0.25, 0.3) is 0 Å². The van der Waals surface area contributed by atoms with Gasteiger partial charge in [0.05, 0.1) is 13.2 Å². The molecule has 2 aromatic heterocycles. The van der Waals surface area contributed by atoms with Crippen LogP contribution in [0.5, 0.6) is 0 Å². The van der Waals surface area contributed by atoms with Gasteiger partial charge in [-0.1, -0.05) is 18.6 Å². The van der Waals surface area contributed by atoms with Gasteiger partial charge >= 0.3 is 0 Å². The zero-order valence-electron chi connectivity index (χ0n) is 13.5. The fourth-order valence-corrected chi connectivity index (χ4v) is 2.54. The van der Waals surface area contributed by atoms with Crippen molar-refractivity contribution < 1.29 is 4.74 Å². The SMILES string of the molecule is CCc1cc(NCCC2=CCOCC2)nc(-c2ccncc2)n1. The Balaban J connectivity index is 1.70. The lowest BCUT2D eigenvalue weighted by atomic mass is 10.1. The van der Waals surface area contributed by atoms with Crippen LogP contribution in [0.1, 0.15) is 25.5 Å². The number of hydrogen-bond acceptors (Lipinski definition) is 5. The smallest absolute Gasteiger partial charge is 0.161 e. The van der Waals surface area contributed by atoms with Crippen LogP contribution in [0.3, 0.4) is 0 Å². The molecule has 0 aromatic carbocycles. The fourth-order valence-electron chi connectivity index (χ4n) is 2.54. The molecule has 0 unspecified atom stereocenters. The molecule has 0 fully saturated rings. The van der Waals surface area contributed by atoms with Gasteiger partial charge < -0.3 is 10.1 Å². The van der Waals surface area contributed by atoms with Crippen LogP contribution < -0.4 is 5.32 Å². The molecule has 5 heteroatoms. The third-order valence-electron chi connectivity index (χ3n) is 3.89. The van der Waals surface area contributed by atoms with Crippen molar-refractivity contribution in [1.82, 2.24) is 15.0 Å². The lowest BCUT2D eigenvalue weighted by Gasteiger charge is -2.14. The van der Waals surface area contributed by atoms with Crippen LogP contribution in [-0.4, -0.2) is 34.7 Å². The van der Waals surface area contributed by atoms with E-state index >= 15 is 0 Å². The van der Waals surface area contributed by atoms with Crippen LogP contribution in [0.15, 0.2) is 42.2 Å². The van der Waals surface area contributed by atoms with Gasteiger partial charge in [-0.15, -0.1) is 0 Å². The average Bonchev–Trinajstić information content (AvgIpc) is 2.63. The van der Waals surface area contributed by atoms with Crippen LogP contribution in [0.25, 0.3) is 11.4 Å². The first-order chi connectivity index (χ1) is 11.3. The van der Waals surface area contributed by atoms with E-state index in [2.05, 4.69) is 33.3 Å². The van der Waals surface area contributed by atoms with Crippen LogP contribution in [-0.2, 0) is 11.2 Å². The molecule has 2 aromatic rings. The third-order valence-corrected chi connectivity index (χ3v) is 3.89. The van der Waals surface area contributed by atoms with Gasteiger partial charge in [0.1, 0.15) is 5.82 Å². The van der Waals surface area contributed by atoms with Crippen molar-refractivity contribution in [2.24, 2.45) is 0 Å². The van der Waals surface area contributed by atoms with E-state index in [4.69, 9.17) is 4.74 Å². The molecule has 3 heterocycles. The van der Waals surface area contributed by atoms with Crippen molar-refractivity contribution in [1.29, 1.82) is 0 Å². The Hall–Kier alpha value is -2.27. The molecule has 5 nitrogen and oxygen atoms in total. The Kier molecular flexibility index (Phi) is 5.32. The van der Waals surface area contributed by atoms with E-state index in [-0.39, 0.29) is 0 Å². The molecule has 120 valence electrons. The number of nitrogens with zero attached hydrogens (tertiary/aromatic N) is 3. The number of hydrogen-bond donors (Lipinski definition) is 1. The third kappa shape index (κ3) is 4.36. The average molecular weight is 310 g/mol. The van der Waals surface area contributed by atoms with Crippen LogP contribution in [0.2, 0.25) is 0 Å². The second-order valence-corrected chi connectivity index (χ2v) is 5.52. The molecule has 1 aliphatic rings. The van der Waals surface area contributed by atoms with Crippen molar-refractivity contribution in [2.45, 2.75) is 26.2 Å². The van der Waals surface area contributed by atoms with E-state index in [1.165, 1.54) is 5.57 Å². The molecule has 0 spiro atoms. The molecule has 1 N–H and O–H groups in total. The number of aromatic nitrogens is 3. The van der Waals surface area contributed by atoms with E-state index in [0.717, 1.165) is 61.9 Å². The molecule has 0 atom stereocenters. The zero-order chi connectivity index (χ0) is 15.9. The maximum atomic E-state index is 5.34. The Morgan fingerprint density at radius 1 is 1.22 bits per heavy atom. The summed E-state index contributed by atoms with van der Waals surface area (Å²) in [6.07, 6.45) is 8.67. The minimum absolute atomic E-state index is 0.745. The van der Waals surface area contributed by atoms with E-state index in [1.807, 2.05) is 18.2 Å². The maximum Gasteiger partial charge on any atom is 0.161 e. The summed E-state index contributed by atoms with van der Waals surface area (Å²) in [6, 6.07) is 5.90. The van der Waals surface area contributed by atoms with Crippen LogP contribution in [0, 0.1) is 0 Å². The molecule has 0 saturated heterocycles. The van der Waals surface area contributed by atoms with Gasteiger partial charge in [0.2, 0.25) is 0 Å². The normalized spacial score (nSPS) is 14.4. The first-order valence-electron chi connectivity index (χ1n) is 8.13. The van der Waals surface area contributed by atoms with Gasteiger partial charge in [0.15, 0.2) is 5.82 Å². The van der Waals surface area contributed by atoms with E-state index in [1.54, 1.807) is 12.4 Å². The monoisotopic (exact) mass is 310 g/mol. The fraction of sp³-hybridized carbons (Fsp3) is 0.389. The molecule has 0 radical (unpaired) electrons.